The summed E-state index contributed by atoms with van der Waals surface area (Å²) in [6, 6.07) is 7.99. The molecule has 1 aromatic carbocycles. The number of benzene rings is 1. The van der Waals surface area contributed by atoms with Crippen LogP contribution in [-0.2, 0) is 6.54 Å². The molecule has 6 heteroatoms. The molecule has 1 aromatic heterocycles. The molecule has 0 aliphatic carbocycles. The van der Waals surface area contributed by atoms with Crippen molar-refractivity contribution in [2.75, 3.05) is 26.2 Å². The topological polar surface area (TPSA) is 23.6 Å². The maximum atomic E-state index is 12.6. The molecule has 1 aliphatic rings. The Labute approximate surface area is 158 Å². The molecule has 3 rings (SSSR count). The highest BCUT2D eigenvalue weighted by atomic mass is 35.5. The van der Waals surface area contributed by atoms with Crippen molar-refractivity contribution in [3.8, 4) is 0 Å². The van der Waals surface area contributed by atoms with E-state index < -0.39 is 0 Å². The van der Waals surface area contributed by atoms with E-state index in [1.807, 2.05) is 35.4 Å². The minimum atomic E-state index is 0. The van der Waals surface area contributed by atoms with E-state index in [2.05, 4.69) is 17.9 Å². The summed E-state index contributed by atoms with van der Waals surface area (Å²) in [4.78, 5) is 18.2. The Morgan fingerprint density at radius 2 is 1.92 bits per heavy atom. The number of halogens is 2. The molecular weight excluding hydrogens is 363 g/mol. The molecule has 3 nitrogen and oxygen atoms in total. The number of aryl methyl sites for hydroxylation is 1. The number of rotatable bonds is 3. The quantitative estimate of drug-likeness (QED) is 0.782. The lowest BCUT2D eigenvalue weighted by atomic mass is 10.1. The van der Waals surface area contributed by atoms with Gasteiger partial charge in [0.2, 0.25) is 0 Å². The molecule has 2 aromatic rings. The van der Waals surface area contributed by atoms with Gasteiger partial charge in [-0.3, -0.25) is 9.69 Å². The molecule has 0 radical (unpaired) electrons. The van der Waals surface area contributed by atoms with E-state index in [9.17, 15) is 4.79 Å². The summed E-state index contributed by atoms with van der Waals surface area (Å²) < 4.78 is 0. The Bertz CT molecular complexity index is 709. The molecule has 0 atom stereocenters. The van der Waals surface area contributed by atoms with Crippen LogP contribution in [0, 0.1) is 13.8 Å². The number of thiophene rings is 1. The van der Waals surface area contributed by atoms with Crippen LogP contribution in [0.2, 0.25) is 5.02 Å². The molecule has 0 spiro atoms. The molecule has 0 bridgehead atoms. The first-order chi connectivity index (χ1) is 11.0. The van der Waals surface area contributed by atoms with E-state index in [4.69, 9.17) is 11.6 Å². The van der Waals surface area contributed by atoms with Gasteiger partial charge in [0.25, 0.3) is 5.91 Å². The second-order valence-corrected chi connectivity index (χ2v) is 7.55. The zero-order chi connectivity index (χ0) is 16.4. The molecular formula is C18H22Cl2N2OS. The summed E-state index contributed by atoms with van der Waals surface area (Å²) in [6.45, 7) is 8.37. The summed E-state index contributed by atoms with van der Waals surface area (Å²) in [5.74, 6) is 0.175. The fourth-order valence-corrected chi connectivity index (χ4v) is 3.97. The predicted molar refractivity (Wildman–Crippen MR) is 104 cm³/mol. The first kappa shape index (κ1) is 19.3. The Balaban J connectivity index is 0.00000208. The first-order valence-electron chi connectivity index (χ1n) is 7.85. The van der Waals surface area contributed by atoms with Crippen molar-refractivity contribution in [3.05, 3.63) is 56.2 Å². The van der Waals surface area contributed by atoms with Crippen LogP contribution in [0.4, 0.5) is 0 Å². The highest BCUT2D eigenvalue weighted by Crippen LogP contribution is 2.23. The fraction of sp³-hybridized carbons (Fsp3) is 0.389. The lowest BCUT2D eigenvalue weighted by Crippen LogP contribution is -2.48. The van der Waals surface area contributed by atoms with Crippen molar-refractivity contribution in [2.45, 2.75) is 20.4 Å². The van der Waals surface area contributed by atoms with Gasteiger partial charge in [-0.2, -0.15) is 0 Å². The van der Waals surface area contributed by atoms with E-state index in [1.54, 1.807) is 11.3 Å². The van der Waals surface area contributed by atoms with Gasteiger partial charge in [-0.1, -0.05) is 23.7 Å². The summed E-state index contributed by atoms with van der Waals surface area (Å²) >= 11 is 7.70. The zero-order valence-corrected chi connectivity index (χ0v) is 16.3. The summed E-state index contributed by atoms with van der Waals surface area (Å²) in [5, 5.41) is 2.77. The average Bonchev–Trinajstić information content (AvgIpc) is 2.87. The van der Waals surface area contributed by atoms with Gasteiger partial charge >= 0.3 is 0 Å². The predicted octanol–water partition coefficient (Wildman–Crippen LogP) is 4.40. The number of piperazine rings is 1. The van der Waals surface area contributed by atoms with Gasteiger partial charge in [-0.15, -0.1) is 23.7 Å². The second-order valence-electron chi connectivity index (χ2n) is 6.03. The number of carbonyl (C=O) groups is 1. The van der Waals surface area contributed by atoms with Crippen molar-refractivity contribution >= 4 is 41.3 Å². The van der Waals surface area contributed by atoms with Gasteiger partial charge in [-0.05, 0) is 37.1 Å². The van der Waals surface area contributed by atoms with Crippen molar-refractivity contribution in [1.82, 2.24) is 9.80 Å². The monoisotopic (exact) mass is 384 g/mol. The normalized spacial score (nSPS) is 15.2. The van der Waals surface area contributed by atoms with E-state index in [0.717, 1.165) is 48.9 Å². The number of carbonyl (C=O) groups excluding carboxylic acids is 1. The van der Waals surface area contributed by atoms with Gasteiger partial charge in [0.05, 0.1) is 5.56 Å². The van der Waals surface area contributed by atoms with Gasteiger partial charge in [0.15, 0.2) is 0 Å². The molecule has 2 heterocycles. The van der Waals surface area contributed by atoms with Crippen LogP contribution >= 0.6 is 35.3 Å². The number of nitrogens with zero attached hydrogens (tertiary/aromatic N) is 2. The molecule has 0 unspecified atom stereocenters. The molecule has 0 N–H and O–H groups in total. The summed E-state index contributed by atoms with van der Waals surface area (Å²) in [6.07, 6.45) is 0. The van der Waals surface area contributed by atoms with E-state index in [-0.39, 0.29) is 18.3 Å². The molecule has 1 aliphatic heterocycles. The third kappa shape index (κ3) is 4.31. The van der Waals surface area contributed by atoms with Crippen LogP contribution in [0.15, 0.2) is 29.6 Å². The summed E-state index contributed by atoms with van der Waals surface area (Å²) in [5.41, 5.74) is 3.22. The van der Waals surface area contributed by atoms with E-state index in [1.165, 1.54) is 10.4 Å². The fourth-order valence-electron chi connectivity index (χ4n) is 2.90. The molecule has 1 amide bonds. The van der Waals surface area contributed by atoms with Crippen LogP contribution in [-0.4, -0.2) is 41.9 Å². The van der Waals surface area contributed by atoms with Crippen LogP contribution < -0.4 is 0 Å². The average molecular weight is 385 g/mol. The maximum absolute atomic E-state index is 12.6. The molecule has 24 heavy (non-hydrogen) atoms. The molecule has 1 saturated heterocycles. The minimum Gasteiger partial charge on any atom is -0.336 e. The minimum absolute atomic E-state index is 0. The lowest BCUT2D eigenvalue weighted by Gasteiger charge is -2.34. The Kier molecular flexibility index (Phi) is 6.70. The number of hydrogen-bond acceptors (Lipinski definition) is 3. The highest BCUT2D eigenvalue weighted by Gasteiger charge is 2.24. The van der Waals surface area contributed by atoms with Crippen LogP contribution in [0.25, 0.3) is 0 Å². The Hall–Kier alpha value is -1.07. The van der Waals surface area contributed by atoms with E-state index in [0.29, 0.717) is 0 Å². The number of hydrogen-bond donors (Lipinski definition) is 0. The molecule has 0 saturated carbocycles. The third-order valence-electron chi connectivity index (χ3n) is 4.47. The summed E-state index contributed by atoms with van der Waals surface area (Å²) in [7, 11) is 0. The van der Waals surface area contributed by atoms with Crippen molar-refractivity contribution < 1.29 is 4.79 Å². The SMILES string of the molecule is Cc1scc(C(=O)N2CCN(Cc3cccc(Cl)c3)CC2)c1C.Cl. The molecule has 1 fully saturated rings. The first-order valence-corrected chi connectivity index (χ1v) is 9.11. The standard InChI is InChI=1S/C18H21ClN2OS.ClH/c1-13-14(2)23-12-17(13)18(22)21-8-6-20(7-9-21)11-15-4-3-5-16(19)10-15;/h3-5,10,12H,6-9,11H2,1-2H3;1H. The third-order valence-corrected chi connectivity index (χ3v) is 5.72. The zero-order valence-electron chi connectivity index (χ0n) is 13.9. The van der Waals surface area contributed by atoms with Crippen LogP contribution in [0.5, 0.6) is 0 Å². The number of amides is 1. The Morgan fingerprint density at radius 3 is 2.50 bits per heavy atom. The van der Waals surface area contributed by atoms with Crippen molar-refractivity contribution in [2.24, 2.45) is 0 Å². The maximum Gasteiger partial charge on any atom is 0.255 e. The van der Waals surface area contributed by atoms with Gasteiger partial charge < -0.3 is 4.90 Å². The van der Waals surface area contributed by atoms with Crippen LogP contribution in [0.1, 0.15) is 26.4 Å². The second kappa shape index (κ2) is 8.34. The lowest BCUT2D eigenvalue weighted by molar-refractivity contribution is 0.0628. The van der Waals surface area contributed by atoms with Crippen LogP contribution in [0.3, 0.4) is 0 Å². The Morgan fingerprint density at radius 1 is 1.21 bits per heavy atom. The highest BCUT2D eigenvalue weighted by molar-refractivity contribution is 7.10. The molecule has 130 valence electrons. The van der Waals surface area contributed by atoms with Crippen molar-refractivity contribution in [3.63, 3.8) is 0 Å². The van der Waals surface area contributed by atoms with Gasteiger partial charge in [0.1, 0.15) is 0 Å². The van der Waals surface area contributed by atoms with Gasteiger partial charge in [-0.25, -0.2) is 0 Å². The van der Waals surface area contributed by atoms with Crippen molar-refractivity contribution in [1.29, 1.82) is 0 Å². The van der Waals surface area contributed by atoms with Gasteiger partial charge in [0, 0.05) is 48.0 Å². The largest absolute Gasteiger partial charge is 0.336 e. The smallest absolute Gasteiger partial charge is 0.255 e. The van der Waals surface area contributed by atoms with E-state index >= 15 is 0 Å².